The molecule has 4 nitrogen and oxygen atoms in total. The lowest BCUT2D eigenvalue weighted by atomic mass is 10.0. The number of hydrogen-bond donors (Lipinski definition) is 1. The first-order chi connectivity index (χ1) is 13.7. The van der Waals surface area contributed by atoms with Gasteiger partial charge in [0, 0.05) is 16.7 Å². The molecule has 1 N–H and O–H groups in total. The number of aromatic amines is 1. The van der Waals surface area contributed by atoms with Gasteiger partial charge in [0.05, 0.1) is 24.9 Å². The first-order valence-corrected chi connectivity index (χ1v) is 9.11. The van der Waals surface area contributed by atoms with E-state index < -0.39 is 0 Å². The Kier molecular flexibility index (Phi) is 5.02. The number of H-pyrrole nitrogens is 1. The maximum Gasteiger partial charge on any atom is 0.168 e. The maximum atomic E-state index is 12.8. The minimum absolute atomic E-state index is 0.0581. The minimum Gasteiger partial charge on any atom is -0.497 e. The molecule has 1 aromatic heterocycles. The molecular formula is C24H20N2O2. The standard InChI is InChI=1S/C24H20N2O2/c1-28-20-14-12-19(13-15-20)24-25-21(16-22(27)17-8-4-2-5-9-17)23(26-24)18-10-6-3-7-11-18/h2-15H,16H2,1H3,(H,25,26). The number of Topliss-reactive ketones (excluding diaryl/α,β-unsaturated/α-hetero) is 1. The van der Waals surface area contributed by atoms with Gasteiger partial charge >= 0.3 is 0 Å². The highest BCUT2D eigenvalue weighted by Crippen LogP contribution is 2.28. The van der Waals surface area contributed by atoms with E-state index in [2.05, 4.69) is 4.98 Å². The molecule has 0 unspecified atom stereocenters. The van der Waals surface area contributed by atoms with Crippen molar-refractivity contribution in [2.45, 2.75) is 6.42 Å². The number of methoxy groups -OCH3 is 1. The number of imidazole rings is 1. The fraction of sp³-hybridized carbons (Fsp3) is 0.0833. The molecule has 4 heteroatoms. The van der Waals surface area contributed by atoms with E-state index in [-0.39, 0.29) is 12.2 Å². The van der Waals surface area contributed by atoms with Crippen molar-refractivity contribution in [1.82, 2.24) is 9.97 Å². The SMILES string of the molecule is COc1ccc(-c2nc(-c3ccccc3)c(CC(=O)c3ccccc3)[nH]2)cc1. The average Bonchev–Trinajstić information content (AvgIpc) is 3.18. The summed E-state index contributed by atoms with van der Waals surface area (Å²) in [5, 5.41) is 0. The smallest absolute Gasteiger partial charge is 0.168 e. The quantitative estimate of drug-likeness (QED) is 0.477. The largest absolute Gasteiger partial charge is 0.497 e. The van der Waals surface area contributed by atoms with Crippen LogP contribution in [-0.4, -0.2) is 22.9 Å². The summed E-state index contributed by atoms with van der Waals surface area (Å²) in [6.07, 6.45) is 0.261. The van der Waals surface area contributed by atoms with E-state index in [1.54, 1.807) is 7.11 Å². The molecule has 0 fully saturated rings. The third kappa shape index (κ3) is 3.71. The van der Waals surface area contributed by atoms with Crippen molar-refractivity contribution in [2.24, 2.45) is 0 Å². The van der Waals surface area contributed by atoms with Crippen LogP contribution in [-0.2, 0) is 6.42 Å². The topological polar surface area (TPSA) is 55.0 Å². The Bertz CT molecular complexity index is 1070. The van der Waals surface area contributed by atoms with Gasteiger partial charge in [0.15, 0.2) is 5.78 Å². The highest BCUT2D eigenvalue weighted by atomic mass is 16.5. The number of carbonyl (C=O) groups excluding carboxylic acids is 1. The van der Waals surface area contributed by atoms with Crippen LogP contribution in [0.1, 0.15) is 16.1 Å². The van der Waals surface area contributed by atoms with Crippen molar-refractivity contribution in [3.8, 4) is 28.4 Å². The normalized spacial score (nSPS) is 10.6. The number of carbonyl (C=O) groups is 1. The Morgan fingerprint density at radius 1 is 0.857 bits per heavy atom. The average molecular weight is 368 g/mol. The van der Waals surface area contributed by atoms with Gasteiger partial charge in [0.1, 0.15) is 11.6 Å². The summed E-state index contributed by atoms with van der Waals surface area (Å²) in [6, 6.07) is 27.0. The van der Waals surface area contributed by atoms with E-state index in [4.69, 9.17) is 9.72 Å². The molecular weight excluding hydrogens is 348 g/mol. The second kappa shape index (κ2) is 7.92. The van der Waals surface area contributed by atoms with E-state index in [1.807, 2.05) is 84.9 Å². The maximum absolute atomic E-state index is 12.8. The fourth-order valence-electron chi connectivity index (χ4n) is 3.14. The number of rotatable bonds is 6. The summed E-state index contributed by atoms with van der Waals surface area (Å²) in [5.74, 6) is 1.58. The van der Waals surface area contributed by atoms with Crippen molar-refractivity contribution >= 4 is 5.78 Å². The summed E-state index contributed by atoms with van der Waals surface area (Å²) in [5.41, 5.74) is 4.23. The van der Waals surface area contributed by atoms with Crippen LogP contribution in [0.4, 0.5) is 0 Å². The van der Waals surface area contributed by atoms with Gasteiger partial charge in [0.2, 0.25) is 0 Å². The van der Waals surface area contributed by atoms with Crippen LogP contribution in [0.2, 0.25) is 0 Å². The van der Waals surface area contributed by atoms with Gasteiger partial charge in [0.25, 0.3) is 0 Å². The van der Waals surface area contributed by atoms with Crippen molar-refractivity contribution in [2.75, 3.05) is 7.11 Å². The van der Waals surface area contributed by atoms with Crippen molar-refractivity contribution < 1.29 is 9.53 Å². The molecule has 0 amide bonds. The van der Waals surface area contributed by atoms with E-state index >= 15 is 0 Å². The van der Waals surface area contributed by atoms with Crippen LogP contribution < -0.4 is 4.74 Å². The van der Waals surface area contributed by atoms with Crippen LogP contribution in [0.5, 0.6) is 5.75 Å². The number of aromatic nitrogens is 2. The number of ether oxygens (including phenoxy) is 1. The highest BCUT2D eigenvalue weighted by Gasteiger charge is 2.17. The van der Waals surface area contributed by atoms with Crippen LogP contribution in [0.25, 0.3) is 22.6 Å². The molecule has 1 heterocycles. The first-order valence-electron chi connectivity index (χ1n) is 9.11. The van der Waals surface area contributed by atoms with Crippen molar-refractivity contribution in [3.63, 3.8) is 0 Å². The molecule has 0 saturated carbocycles. The second-order valence-corrected chi connectivity index (χ2v) is 6.47. The predicted molar refractivity (Wildman–Crippen MR) is 110 cm³/mol. The summed E-state index contributed by atoms with van der Waals surface area (Å²) >= 11 is 0. The van der Waals surface area contributed by atoms with Gasteiger partial charge in [-0.25, -0.2) is 4.98 Å². The Hall–Kier alpha value is -3.66. The highest BCUT2D eigenvalue weighted by molar-refractivity contribution is 5.98. The third-order valence-corrected chi connectivity index (χ3v) is 4.62. The number of nitrogens with one attached hydrogen (secondary N) is 1. The van der Waals surface area contributed by atoms with Gasteiger partial charge < -0.3 is 9.72 Å². The second-order valence-electron chi connectivity index (χ2n) is 6.47. The zero-order valence-electron chi connectivity index (χ0n) is 15.6. The molecule has 0 radical (unpaired) electrons. The molecule has 0 atom stereocenters. The summed E-state index contributed by atoms with van der Waals surface area (Å²) in [7, 11) is 1.64. The van der Waals surface area contributed by atoms with Gasteiger partial charge in [-0.1, -0.05) is 60.7 Å². The molecule has 3 aromatic carbocycles. The molecule has 4 aromatic rings. The molecule has 0 saturated heterocycles. The van der Waals surface area contributed by atoms with Gasteiger partial charge in [-0.05, 0) is 24.3 Å². The molecule has 28 heavy (non-hydrogen) atoms. The molecule has 0 aliphatic heterocycles. The van der Waals surface area contributed by atoms with Crippen LogP contribution in [0, 0.1) is 0 Å². The van der Waals surface area contributed by atoms with Gasteiger partial charge in [-0.2, -0.15) is 0 Å². The van der Waals surface area contributed by atoms with Crippen LogP contribution in [0.15, 0.2) is 84.9 Å². The van der Waals surface area contributed by atoms with Gasteiger partial charge in [-0.15, -0.1) is 0 Å². The number of ketones is 1. The number of hydrogen-bond acceptors (Lipinski definition) is 3. The summed E-state index contributed by atoms with van der Waals surface area (Å²) in [4.78, 5) is 20.9. The predicted octanol–water partition coefficient (Wildman–Crippen LogP) is 5.18. The van der Waals surface area contributed by atoms with E-state index in [0.29, 0.717) is 5.56 Å². The Morgan fingerprint density at radius 3 is 2.14 bits per heavy atom. The zero-order valence-corrected chi connectivity index (χ0v) is 15.6. The van der Waals surface area contributed by atoms with Crippen molar-refractivity contribution in [1.29, 1.82) is 0 Å². The first kappa shape index (κ1) is 17.7. The summed E-state index contributed by atoms with van der Waals surface area (Å²) < 4.78 is 5.23. The number of nitrogens with zero attached hydrogens (tertiary/aromatic N) is 1. The van der Waals surface area contributed by atoms with Gasteiger partial charge in [-0.3, -0.25) is 4.79 Å². The molecule has 0 aliphatic carbocycles. The molecule has 4 rings (SSSR count). The van der Waals surface area contributed by atoms with Crippen LogP contribution in [0.3, 0.4) is 0 Å². The molecule has 0 spiro atoms. The molecule has 138 valence electrons. The lowest BCUT2D eigenvalue weighted by Crippen LogP contribution is -2.04. The lowest BCUT2D eigenvalue weighted by Gasteiger charge is -2.03. The Morgan fingerprint density at radius 2 is 1.50 bits per heavy atom. The molecule has 0 aliphatic rings. The zero-order chi connectivity index (χ0) is 19.3. The lowest BCUT2D eigenvalue weighted by molar-refractivity contribution is 0.0992. The van der Waals surface area contributed by atoms with E-state index in [0.717, 1.165) is 34.1 Å². The van der Waals surface area contributed by atoms with Crippen LogP contribution >= 0.6 is 0 Å². The monoisotopic (exact) mass is 368 g/mol. The number of benzene rings is 3. The molecule has 0 bridgehead atoms. The fourth-order valence-corrected chi connectivity index (χ4v) is 3.14. The van der Waals surface area contributed by atoms with Crippen molar-refractivity contribution in [3.05, 3.63) is 96.2 Å². The minimum atomic E-state index is 0.0581. The summed E-state index contributed by atoms with van der Waals surface area (Å²) in [6.45, 7) is 0. The Balaban J connectivity index is 1.73. The Labute approximate surface area is 163 Å². The third-order valence-electron chi connectivity index (χ3n) is 4.62. The van der Waals surface area contributed by atoms with E-state index in [1.165, 1.54) is 0 Å². The van der Waals surface area contributed by atoms with E-state index in [9.17, 15) is 4.79 Å².